The van der Waals surface area contributed by atoms with E-state index in [1.807, 2.05) is 18.2 Å². The van der Waals surface area contributed by atoms with Crippen LogP contribution in [-0.4, -0.2) is 17.8 Å². The highest BCUT2D eigenvalue weighted by molar-refractivity contribution is 5.13. The Labute approximate surface area is 143 Å². The Morgan fingerprint density at radius 1 is 0.826 bits per heavy atom. The van der Waals surface area contributed by atoms with Gasteiger partial charge in [0, 0.05) is 0 Å². The molecule has 2 heteroatoms. The number of unbranched alkanes of at least 4 members (excludes halogenated alkanes) is 9. The SMILES string of the molecule is CCCCCCCCCCCC[C@@H](CO)OCc1ccccc1. The van der Waals surface area contributed by atoms with Gasteiger partial charge >= 0.3 is 0 Å². The average molecular weight is 321 g/mol. The second-order valence-electron chi connectivity index (χ2n) is 6.57. The number of rotatable bonds is 15. The fourth-order valence-corrected chi connectivity index (χ4v) is 2.88. The van der Waals surface area contributed by atoms with Crippen molar-refractivity contribution in [2.24, 2.45) is 0 Å². The van der Waals surface area contributed by atoms with E-state index >= 15 is 0 Å². The van der Waals surface area contributed by atoms with Crippen molar-refractivity contribution in [1.82, 2.24) is 0 Å². The Balaban J connectivity index is 1.94. The lowest BCUT2D eigenvalue weighted by molar-refractivity contribution is -0.00348. The second kappa shape index (κ2) is 14.7. The Bertz CT molecular complexity index is 350. The van der Waals surface area contributed by atoms with E-state index in [4.69, 9.17) is 4.74 Å². The first kappa shape index (κ1) is 20.2. The highest BCUT2D eigenvalue weighted by Crippen LogP contribution is 2.13. The molecule has 23 heavy (non-hydrogen) atoms. The first-order valence-electron chi connectivity index (χ1n) is 9.63. The van der Waals surface area contributed by atoms with Crippen LogP contribution in [0.5, 0.6) is 0 Å². The van der Waals surface area contributed by atoms with Gasteiger partial charge in [-0.25, -0.2) is 0 Å². The number of aliphatic hydroxyl groups excluding tert-OH is 1. The number of hydrogen-bond donors (Lipinski definition) is 1. The zero-order chi connectivity index (χ0) is 16.6. The molecule has 1 rings (SSSR count). The van der Waals surface area contributed by atoms with Crippen LogP contribution in [0, 0.1) is 0 Å². The molecular weight excluding hydrogens is 284 g/mol. The molecule has 0 unspecified atom stereocenters. The molecule has 0 saturated heterocycles. The number of hydrogen-bond acceptors (Lipinski definition) is 2. The molecule has 0 aliphatic heterocycles. The molecule has 1 aromatic rings. The van der Waals surface area contributed by atoms with Gasteiger partial charge in [0.2, 0.25) is 0 Å². The van der Waals surface area contributed by atoms with Crippen molar-refractivity contribution in [3.8, 4) is 0 Å². The highest BCUT2D eigenvalue weighted by Gasteiger charge is 2.07. The van der Waals surface area contributed by atoms with Gasteiger partial charge in [0.25, 0.3) is 0 Å². The molecule has 0 radical (unpaired) electrons. The van der Waals surface area contributed by atoms with Crippen molar-refractivity contribution < 1.29 is 9.84 Å². The van der Waals surface area contributed by atoms with Gasteiger partial charge in [-0.2, -0.15) is 0 Å². The molecule has 0 aliphatic carbocycles. The first-order valence-corrected chi connectivity index (χ1v) is 9.63. The van der Waals surface area contributed by atoms with Crippen molar-refractivity contribution >= 4 is 0 Å². The summed E-state index contributed by atoms with van der Waals surface area (Å²) in [5.74, 6) is 0. The number of benzene rings is 1. The van der Waals surface area contributed by atoms with E-state index in [1.54, 1.807) is 0 Å². The summed E-state index contributed by atoms with van der Waals surface area (Å²) in [4.78, 5) is 0. The number of aliphatic hydroxyl groups is 1. The minimum atomic E-state index is -0.00995. The lowest BCUT2D eigenvalue weighted by atomic mass is 10.0. The van der Waals surface area contributed by atoms with E-state index in [2.05, 4.69) is 19.1 Å². The van der Waals surface area contributed by atoms with Crippen LogP contribution in [0.25, 0.3) is 0 Å². The van der Waals surface area contributed by atoms with Crippen molar-refractivity contribution in [3.63, 3.8) is 0 Å². The van der Waals surface area contributed by atoms with Crippen LogP contribution in [0.4, 0.5) is 0 Å². The maximum atomic E-state index is 9.42. The van der Waals surface area contributed by atoms with Gasteiger partial charge in [0.15, 0.2) is 0 Å². The van der Waals surface area contributed by atoms with E-state index in [1.165, 1.54) is 63.4 Å². The summed E-state index contributed by atoms with van der Waals surface area (Å²) in [5, 5.41) is 9.42. The molecule has 2 nitrogen and oxygen atoms in total. The minimum Gasteiger partial charge on any atom is -0.394 e. The zero-order valence-corrected chi connectivity index (χ0v) is 15.0. The molecular formula is C21H36O2. The van der Waals surface area contributed by atoms with Gasteiger partial charge < -0.3 is 9.84 Å². The smallest absolute Gasteiger partial charge is 0.0810 e. The third-order valence-electron chi connectivity index (χ3n) is 4.41. The topological polar surface area (TPSA) is 29.5 Å². The molecule has 0 aromatic heterocycles. The van der Waals surface area contributed by atoms with Gasteiger partial charge in [-0.3, -0.25) is 0 Å². The maximum Gasteiger partial charge on any atom is 0.0810 e. The van der Waals surface area contributed by atoms with Crippen molar-refractivity contribution in [2.45, 2.75) is 90.3 Å². The Kier molecular flexibility index (Phi) is 12.9. The number of ether oxygens (including phenoxy) is 1. The van der Waals surface area contributed by atoms with Crippen molar-refractivity contribution in [1.29, 1.82) is 0 Å². The van der Waals surface area contributed by atoms with Gasteiger partial charge in [-0.05, 0) is 12.0 Å². The zero-order valence-electron chi connectivity index (χ0n) is 15.0. The molecule has 0 spiro atoms. The lowest BCUT2D eigenvalue weighted by Gasteiger charge is -2.15. The summed E-state index contributed by atoms with van der Waals surface area (Å²) >= 11 is 0. The first-order chi connectivity index (χ1) is 11.4. The third-order valence-corrected chi connectivity index (χ3v) is 4.41. The van der Waals surface area contributed by atoms with Gasteiger partial charge in [0.05, 0.1) is 19.3 Å². The van der Waals surface area contributed by atoms with E-state index in [-0.39, 0.29) is 12.7 Å². The molecule has 0 amide bonds. The molecule has 1 aromatic carbocycles. The van der Waals surface area contributed by atoms with E-state index in [0.717, 1.165) is 12.8 Å². The van der Waals surface area contributed by atoms with Crippen LogP contribution < -0.4 is 0 Å². The van der Waals surface area contributed by atoms with Crippen LogP contribution in [-0.2, 0) is 11.3 Å². The fourth-order valence-electron chi connectivity index (χ4n) is 2.88. The normalized spacial score (nSPS) is 12.4. The third kappa shape index (κ3) is 11.3. The minimum absolute atomic E-state index is 0.00995. The summed E-state index contributed by atoms with van der Waals surface area (Å²) in [6.07, 6.45) is 14.4. The Morgan fingerprint density at radius 3 is 1.96 bits per heavy atom. The van der Waals surface area contributed by atoms with Crippen LogP contribution >= 0.6 is 0 Å². The van der Waals surface area contributed by atoms with Crippen LogP contribution in [0.1, 0.15) is 83.1 Å². The van der Waals surface area contributed by atoms with Crippen molar-refractivity contribution in [2.75, 3.05) is 6.61 Å². The average Bonchev–Trinajstić information content (AvgIpc) is 2.60. The fraction of sp³-hybridized carbons (Fsp3) is 0.714. The largest absolute Gasteiger partial charge is 0.394 e. The molecule has 0 fully saturated rings. The van der Waals surface area contributed by atoms with Gasteiger partial charge in [-0.15, -0.1) is 0 Å². The van der Waals surface area contributed by atoms with Gasteiger partial charge in [-0.1, -0.05) is 101 Å². The standard InChI is InChI=1S/C21H36O2/c1-2-3-4-5-6-7-8-9-10-14-17-21(18-22)23-19-20-15-12-11-13-16-20/h11-13,15-16,21-22H,2-10,14,17-19H2,1H3/t21-/m0/s1. The van der Waals surface area contributed by atoms with Crippen LogP contribution in [0.15, 0.2) is 30.3 Å². The predicted molar refractivity (Wildman–Crippen MR) is 98.6 cm³/mol. The summed E-state index contributed by atoms with van der Waals surface area (Å²) in [6.45, 7) is 3.00. The summed E-state index contributed by atoms with van der Waals surface area (Å²) in [7, 11) is 0. The molecule has 1 N–H and O–H groups in total. The molecule has 0 heterocycles. The molecule has 0 bridgehead atoms. The summed E-state index contributed by atoms with van der Waals surface area (Å²) < 4.78 is 5.81. The van der Waals surface area contributed by atoms with Crippen LogP contribution in [0.3, 0.4) is 0 Å². The molecule has 132 valence electrons. The second-order valence-corrected chi connectivity index (χ2v) is 6.57. The lowest BCUT2D eigenvalue weighted by Crippen LogP contribution is -2.17. The predicted octanol–water partition coefficient (Wildman–Crippen LogP) is 5.88. The maximum absolute atomic E-state index is 9.42. The van der Waals surface area contributed by atoms with Crippen LogP contribution in [0.2, 0.25) is 0 Å². The molecule has 1 atom stereocenters. The van der Waals surface area contributed by atoms with Crippen molar-refractivity contribution in [3.05, 3.63) is 35.9 Å². The monoisotopic (exact) mass is 320 g/mol. The van der Waals surface area contributed by atoms with E-state index < -0.39 is 0 Å². The van der Waals surface area contributed by atoms with E-state index in [0.29, 0.717) is 6.61 Å². The quantitative estimate of drug-likeness (QED) is 0.409. The summed E-state index contributed by atoms with van der Waals surface area (Å²) in [5.41, 5.74) is 1.18. The Hall–Kier alpha value is -0.860. The highest BCUT2D eigenvalue weighted by atomic mass is 16.5. The van der Waals surface area contributed by atoms with E-state index in [9.17, 15) is 5.11 Å². The molecule has 0 saturated carbocycles. The summed E-state index contributed by atoms with van der Waals surface area (Å²) in [6, 6.07) is 10.2. The van der Waals surface area contributed by atoms with Gasteiger partial charge in [0.1, 0.15) is 0 Å². The molecule has 0 aliphatic rings. The Morgan fingerprint density at radius 2 is 1.39 bits per heavy atom.